The van der Waals surface area contributed by atoms with E-state index in [1.807, 2.05) is 46.7 Å². The minimum absolute atomic E-state index is 0.711. The largest absolute Gasteiger partial charge is 0.341 e. The summed E-state index contributed by atoms with van der Waals surface area (Å²) in [6, 6.07) is 3.63. The fourth-order valence-corrected chi connectivity index (χ4v) is 2.49. The van der Waals surface area contributed by atoms with Crippen LogP contribution in [0.4, 0.5) is 11.9 Å². The molecule has 23 heavy (non-hydrogen) atoms. The Morgan fingerprint density at radius 3 is 1.52 bits per heavy atom. The van der Waals surface area contributed by atoms with Crippen molar-refractivity contribution in [1.29, 1.82) is 0 Å². The normalized spacial score (nSPS) is 16.7. The summed E-state index contributed by atoms with van der Waals surface area (Å²) in [6.07, 6.45) is 15.1. The van der Waals surface area contributed by atoms with Crippen molar-refractivity contribution in [3.63, 3.8) is 0 Å². The lowest BCUT2D eigenvalue weighted by molar-refractivity contribution is 0.249. The van der Waals surface area contributed by atoms with Gasteiger partial charge in [0, 0.05) is 49.6 Å². The Kier molecular flexibility index (Phi) is 3.47. The molecule has 4 heterocycles. The number of hydrogen-bond acceptors (Lipinski definition) is 8. The van der Waals surface area contributed by atoms with E-state index < -0.39 is 0 Å². The van der Waals surface area contributed by atoms with Crippen molar-refractivity contribution in [2.24, 2.45) is 0 Å². The molecule has 0 saturated heterocycles. The van der Waals surface area contributed by atoms with E-state index in [0.29, 0.717) is 11.9 Å². The monoisotopic (exact) mass is 308 g/mol. The molecule has 4 rings (SSSR count). The van der Waals surface area contributed by atoms with Crippen molar-refractivity contribution >= 4 is 11.9 Å². The first kappa shape index (κ1) is 13.5. The van der Waals surface area contributed by atoms with E-state index in [1.165, 1.54) is 0 Å². The van der Waals surface area contributed by atoms with E-state index in [1.54, 1.807) is 24.8 Å². The minimum Gasteiger partial charge on any atom is -0.341 e. The zero-order valence-corrected chi connectivity index (χ0v) is 12.5. The summed E-state index contributed by atoms with van der Waals surface area (Å²) in [6.45, 7) is 2.24. The molecule has 0 N–H and O–H groups in total. The predicted molar refractivity (Wildman–Crippen MR) is 85.6 cm³/mol. The molecule has 8 heteroatoms. The van der Waals surface area contributed by atoms with E-state index in [0.717, 1.165) is 20.0 Å². The Labute approximate surface area is 134 Å². The Balaban J connectivity index is 1.33. The van der Waals surface area contributed by atoms with Gasteiger partial charge in [0.2, 0.25) is 11.9 Å². The van der Waals surface area contributed by atoms with E-state index in [2.05, 4.69) is 29.7 Å². The van der Waals surface area contributed by atoms with Crippen LogP contribution in [0.3, 0.4) is 0 Å². The van der Waals surface area contributed by atoms with Gasteiger partial charge in [0.15, 0.2) is 0 Å². The Morgan fingerprint density at radius 1 is 0.652 bits per heavy atom. The van der Waals surface area contributed by atoms with Gasteiger partial charge >= 0.3 is 0 Å². The van der Waals surface area contributed by atoms with Crippen molar-refractivity contribution in [2.45, 2.75) is 0 Å². The predicted octanol–water partition coefficient (Wildman–Crippen LogP) is 1.03. The van der Waals surface area contributed by atoms with Gasteiger partial charge in [-0.05, 0) is 12.1 Å². The van der Waals surface area contributed by atoms with Crippen molar-refractivity contribution in [3.8, 4) is 0 Å². The van der Waals surface area contributed by atoms with Crippen LogP contribution in [0.15, 0.2) is 61.7 Å². The second-order valence-corrected chi connectivity index (χ2v) is 5.24. The van der Waals surface area contributed by atoms with Gasteiger partial charge in [-0.2, -0.15) is 0 Å². The molecule has 0 fully saturated rings. The quantitative estimate of drug-likeness (QED) is 0.830. The van der Waals surface area contributed by atoms with Crippen LogP contribution >= 0.6 is 0 Å². The molecule has 116 valence electrons. The number of hydrogen-bond donors (Lipinski definition) is 0. The first-order valence-electron chi connectivity index (χ1n) is 7.30. The average molecular weight is 308 g/mol. The summed E-state index contributed by atoms with van der Waals surface area (Å²) in [7, 11) is 0. The van der Waals surface area contributed by atoms with Crippen LogP contribution in [0.25, 0.3) is 0 Å². The lowest BCUT2D eigenvalue weighted by Crippen LogP contribution is -2.36. The molecule has 2 aromatic rings. The van der Waals surface area contributed by atoms with E-state index in [4.69, 9.17) is 0 Å². The molecule has 0 aliphatic carbocycles. The Morgan fingerprint density at radius 2 is 1.09 bits per heavy atom. The van der Waals surface area contributed by atoms with Gasteiger partial charge in [-0.1, -0.05) is 0 Å². The maximum absolute atomic E-state index is 4.26. The van der Waals surface area contributed by atoms with Gasteiger partial charge in [0.25, 0.3) is 0 Å². The number of nitrogens with zero attached hydrogens (tertiary/aromatic N) is 8. The second kappa shape index (κ2) is 5.91. The fraction of sp³-hybridized carbons (Fsp3) is 0.200. The number of aromatic nitrogens is 4. The highest BCUT2D eigenvalue weighted by Gasteiger charge is 2.20. The van der Waals surface area contributed by atoms with Crippen molar-refractivity contribution in [2.75, 3.05) is 29.8 Å². The highest BCUT2D eigenvalue weighted by atomic mass is 15.5. The molecule has 0 unspecified atom stereocenters. The maximum atomic E-state index is 4.26. The molecule has 0 saturated carbocycles. The molecule has 2 aliphatic rings. The molecule has 0 spiro atoms. The third kappa shape index (κ3) is 2.91. The smallest absolute Gasteiger partial charge is 0.230 e. The average Bonchev–Trinajstić information content (AvgIpc) is 3.27. The standard InChI is InChI=1S/C15H16N8/c1-3-16-14(17-4-1)22-9-7-20(12-22)11-21-8-10-23(13-21)15-18-5-2-6-19-15/h1-10H,11-13H2. The van der Waals surface area contributed by atoms with Crippen molar-refractivity contribution < 1.29 is 0 Å². The summed E-state index contributed by atoms with van der Waals surface area (Å²) >= 11 is 0. The van der Waals surface area contributed by atoms with Crippen LogP contribution in [0.2, 0.25) is 0 Å². The fourth-order valence-electron chi connectivity index (χ4n) is 2.49. The van der Waals surface area contributed by atoms with Gasteiger partial charge in [0.05, 0.1) is 20.0 Å². The molecule has 0 atom stereocenters. The molecule has 0 amide bonds. The SMILES string of the molecule is C1=CN(c2ncccn2)CN1CN1C=CN(c2ncccn2)C1. The summed E-state index contributed by atoms with van der Waals surface area (Å²) in [5.41, 5.74) is 0. The highest BCUT2D eigenvalue weighted by molar-refractivity contribution is 5.37. The van der Waals surface area contributed by atoms with Gasteiger partial charge in [-0.3, -0.25) is 9.80 Å². The van der Waals surface area contributed by atoms with Gasteiger partial charge in [0.1, 0.15) is 0 Å². The molecule has 8 nitrogen and oxygen atoms in total. The first-order valence-corrected chi connectivity index (χ1v) is 7.30. The lowest BCUT2D eigenvalue weighted by Gasteiger charge is -2.26. The molecule has 2 aromatic heterocycles. The Hall–Kier alpha value is -3.16. The maximum Gasteiger partial charge on any atom is 0.230 e. The minimum atomic E-state index is 0.711. The number of anilines is 2. The summed E-state index contributed by atoms with van der Waals surface area (Å²) in [5.74, 6) is 1.42. The van der Waals surface area contributed by atoms with E-state index in [-0.39, 0.29) is 0 Å². The zero-order valence-electron chi connectivity index (χ0n) is 12.5. The lowest BCUT2D eigenvalue weighted by atomic mass is 10.6. The number of rotatable bonds is 4. The summed E-state index contributed by atoms with van der Waals surface area (Å²) in [4.78, 5) is 25.5. The topological polar surface area (TPSA) is 64.5 Å². The van der Waals surface area contributed by atoms with Crippen LogP contribution in [0.1, 0.15) is 0 Å². The third-order valence-corrected chi connectivity index (χ3v) is 3.56. The summed E-state index contributed by atoms with van der Waals surface area (Å²) < 4.78 is 0. The van der Waals surface area contributed by atoms with E-state index in [9.17, 15) is 0 Å². The molecule has 2 aliphatic heterocycles. The van der Waals surface area contributed by atoms with Crippen LogP contribution < -0.4 is 9.80 Å². The third-order valence-electron chi connectivity index (χ3n) is 3.56. The van der Waals surface area contributed by atoms with Crippen LogP contribution in [-0.2, 0) is 0 Å². The highest BCUT2D eigenvalue weighted by Crippen LogP contribution is 2.17. The summed E-state index contributed by atoms with van der Waals surface area (Å²) in [5, 5.41) is 0. The van der Waals surface area contributed by atoms with E-state index >= 15 is 0 Å². The first-order chi connectivity index (χ1) is 11.4. The van der Waals surface area contributed by atoms with Gasteiger partial charge < -0.3 is 9.80 Å². The van der Waals surface area contributed by atoms with Crippen molar-refractivity contribution in [1.82, 2.24) is 29.7 Å². The van der Waals surface area contributed by atoms with Crippen LogP contribution in [0, 0.1) is 0 Å². The van der Waals surface area contributed by atoms with Gasteiger partial charge in [-0.15, -0.1) is 0 Å². The molecule has 0 aromatic carbocycles. The van der Waals surface area contributed by atoms with Crippen LogP contribution in [-0.4, -0.2) is 49.7 Å². The molecular weight excluding hydrogens is 292 g/mol. The van der Waals surface area contributed by atoms with Crippen molar-refractivity contribution in [3.05, 3.63) is 61.7 Å². The molecule has 0 radical (unpaired) electrons. The van der Waals surface area contributed by atoms with Gasteiger partial charge in [-0.25, -0.2) is 19.9 Å². The molecule has 0 bridgehead atoms. The molecular formula is C15H16N8. The zero-order chi connectivity index (χ0) is 15.5. The second-order valence-electron chi connectivity index (χ2n) is 5.24. The van der Waals surface area contributed by atoms with Crippen LogP contribution in [0.5, 0.6) is 0 Å². The Bertz CT molecular complexity index is 640.